The summed E-state index contributed by atoms with van der Waals surface area (Å²) in [4.78, 5) is 49.0. The molecule has 0 bridgehead atoms. The third-order valence-electron chi connectivity index (χ3n) is 5.08. The van der Waals surface area contributed by atoms with Crippen molar-refractivity contribution in [2.75, 3.05) is 18.1 Å². The lowest BCUT2D eigenvalue weighted by atomic mass is 10.1. The van der Waals surface area contributed by atoms with E-state index in [4.69, 9.17) is 11.5 Å². The summed E-state index contributed by atoms with van der Waals surface area (Å²) in [6.45, 7) is 2.80. The van der Waals surface area contributed by atoms with E-state index in [1.165, 1.54) is 28.5 Å². The number of aliphatic hydroxyl groups is 2. The van der Waals surface area contributed by atoms with E-state index >= 15 is 0 Å². The number of nitrogens with one attached hydrogen (secondary N) is 3. The van der Waals surface area contributed by atoms with Gasteiger partial charge >= 0.3 is 0 Å². The molecule has 5 unspecified atom stereocenters. The predicted octanol–water partition coefficient (Wildman–Crippen LogP) is -0.949. The molecular weight excluding hydrogens is 506 g/mol. The average molecular weight is 544 g/mol. The monoisotopic (exact) mass is 543 g/mol. The molecule has 0 saturated heterocycles. The molecule has 0 radical (unpaired) electrons. The molecule has 0 aliphatic rings. The van der Waals surface area contributed by atoms with E-state index in [1.54, 1.807) is 0 Å². The first kappa shape index (κ1) is 31.7. The van der Waals surface area contributed by atoms with Crippen LogP contribution < -0.4 is 27.4 Å². The first-order valence-corrected chi connectivity index (χ1v) is 14.1. The smallest absolute Gasteiger partial charge is 0.243 e. The highest BCUT2D eigenvalue weighted by Gasteiger charge is 2.26. The lowest BCUT2D eigenvalue weighted by molar-refractivity contribution is -0.129. The fourth-order valence-electron chi connectivity index (χ4n) is 2.95. The molecule has 0 heterocycles. The minimum Gasteiger partial charge on any atom is -0.394 e. The van der Waals surface area contributed by atoms with Crippen molar-refractivity contribution >= 4 is 45.2 Å². The number of hydrogen-bond donors (Lipinski definition) is 7. The Labute approximate surface area is 219 Å². The van der Waals surface area contributed by atoms with Gasteiger partial charge in [0.05, 0.1) is 24.8 Å². The topological polar surface area (TPSA) is 197 Å². The van der Waals surface area contributed by atoms with Gasteiger partial charge in [-0.1, -0.05) is 58.8 Å². The number of amides is 4. The van der Waals surface area contributed by atoms with Crippen molar-refractivity contribution in [2.24, 2.45) is 11.5 Å². The van der Waals surface area contributed by atoms with E-state index < -0.39 is 54.6 Å². The van der Waals surface area contributed by atoms with Crippen LogP contribution in [0.15, 0.2) is 30.3 Å². The Bertz CT molecular complexity index is 846. The van der Waals surface area contributed by atoms with Gasteiger partial charge in [-0.2, -0.15) is 0 Å². The Balaban J connectivity index is 2.65. The van der Waals surface area contributed by atoms with Gasteiger partial charge in [-0.05, 0) is 25.3 Å². The van der Waals surface area contributed by atoms with Gasteiger partial charge < -0.3 is 37.6 Å². The van der Waals surface area contributed by atoms with Crippen molar-refractivity contribution in [1.29, 1.82) is 0 Å². The second-order valence-corrected chi connectivity index (χ2v) is 10.8. The standard InChI is InChI=1S/C23H37N5O6S2/c1-3-7-20(31)26-19(23(34)27-17(11-29)14(2)30)13-36-35-12-18(21(25)32)28-22(33)16(24)10-15-8-5-4-6-9-15/h4-6,8-9,14,16-19,29-30H,3,7,10-13,24H2,1-2H3,(H2,25,32)(H,26,31)(H,27,34)(H,28,33). The molecule has 0 aromatic heterocycles. The number of carbonyl (C=O) groups is 4. The van der Waals surface area contributed by atoms with Crippen molar-refractivity contribution in [3.05, 3.63) is 35.9 Å². The van der Waals surface area contributed by atoms with Crippen LogP contribution in [0.3, 0.4) is 0 Å². The highest BCUT2D eigenvalue weighted by atomic mass is 33.1. The molecule has 1 rings (SSSR count). The first-order chi connectivity index (χ1) is 17.1. The molecule has 0 fully saturated rings. The molecule has 0 saturated carbocycles. The second-order valence-electron chi connectivity index (χ2n) is 8.24. The van der Waals surface area contributed by atoms with Crippen LogP contribution in [0.2, 0.25) is 0 Å². The zero-order valence-electron chi connectivity index (χ0n) is 20.5. The summed E-state index contributed by atoms with van der Waals surface area (Å²) in [6, 6.07) is 5.58. The number of aliphatic hydroxyl groups excluding tert-OH is 2. The van der Waals surface area contributed by atoms with E-state index in [2.05, 4.69) is 16.0 Å². The van der Waals surface area contributed by atoms with E-state index in [-0.39, 0.29) is 23.8 Å². The van der Waals surface area contributed by atoms with Crippen LogP contribution in [0, 0.1) is 0 Å². The summed E-state index contributed by atoms with van der Waals surface area (Å²) in [7, 11) is 2.40. The molecule has 0 aliphatic carbocycles. The highest BCUT2D eigenvalue weighted by molar-refractivity contribution is 8.76. The Morgan fingerprint density at radius 3 is 2.11 bits per heavy atom. The van der Waals surface area contributed by atoms with Gasteiger partial charge in [0.25, 0.3) is 0 Å². The summed E-state index contributed by atoms with van der Waals surface area (Å²) >= 11 is 0. The normalized spacial score (nSPS) is 15.1. The number of carbonyl (C=O) groups excluding carboxylic acids is 4. The molecule has 5 atom stereocenters. The van der Waals surface area contributed by atoms with Gasteiger partial charge in [-0.15, -0.1) is 0 Å². The van der Waals surface area contributed by atoms with Crippen LogP contribution in [0.5, 0.6) is 0 Å². The van der Waals surface area contributed by atoms with Crippen LogP contribution in [0.4, 0.5) is 0 Å². The number of primary amides is 1. The maximum Gasteiger partial charge on any atom is 0.243 e. The zero-order valence-corrected chi connectivity index (χ0v) is 22.1. The first-order valence-electron chi connectivity index (χ1n) is 11.6. The Morgan fingerprint density at radius 1 is 0.972 bits per heavy atom. The Morgan fingerprint density at radius 2 is 1.58 bits per heavy atom. The van der Waals surface area contributed by atoms with E-state index in [9.17, 15) is 29.4 Å². The van der Waals surface area contributed by atoms with Crippen molar-refractivity contribution in [2.45, 2.75) is 63.4 Å². The average Bonchev–Trinajstić information content (AvgIpc) is 2.83. The summed E-state index contributed by atoms with van der Waals surface area (Å²) < 4.78 is 0. The third kappa shape index (κ3) is 12.1. The van der Waals surface area contributed by atoms with Gasteiger partial charge in [0.1, 0.15) is 12.1 Å². The Kier molecular flexibility index (Phi) is 15.1. The Hall–Kier alpha value is -2.32. The molecule has 9 N–H and O–H groups in total. The van der Waals surface area contributed by atoms with Gasteiger partial charge in [-0.25, -0.2) is 0 Å². The maximum atomic E-state index is 12.6. The highest BCUT2D eigenvalue weighted by Crippen LogP contribution is 2.23. The number of nitrogens with two attached hydrogens (primary N) is 2. The zero-order chi connectivity index (χ0) is 27.1. The third-order valence-corrected chi connectivity index (χ3v) is 7.51. The molecule has 36 heavy (non-hydrogen) atoms. The van der Waals surface area contributed by atoms with E-state index in [1.807, 2.05) is 37.3 Å². The number of hydrogen-bond acceptors (Lipinski definition) is 9. The fraction of sp³-hybridized carbons (Fsp3) is 0.565. The summed E-state index contributed by atoms with van der Waals surface area (Å²) in [5, 5.41) is 26.8. The van der Waals surface area contributed by atoms with Crippen LogP contribution in [0.1, 0.15) is 32.3 Å². The molecule has 4 amide bonds. The molecule has 0 aliphatic heterocycles. The van der Waals surface area contributed by atoms with Gasteiger partial charge in [0.2, 0.25) is 23.6 Å². The van der Waals surface area contributed by atoms with Crippen LogP contribution in [-0.2, 0) is 25.6 Å². The van der Waals surface area contributed by atoms with Gasteiger partial charge in [0.15, 0.2) is 0 Å². The molecule has 1 aromatic rings. The van der Waals surface area contributed by atoms with Crippen molar-refractivity contribution in [1.82, 2.24) is 16.0 Å². The van der Waals surface area contributed by atoms with Crippen LogP contribution in [-0.4, -0.2) is 82.2 Å². The largest absolute Gasteiger partial charge is 0.394 e. The molecule has 11 nitrogen and oxygen atoms in total. The lowest BCUT2D eigenvalue weighted by Gasteiger charge is -2.24. The minimum absolute atomic E-state index is 0.119. The predicted molar refractivity (Wildman–Crippen MR) is 142 cm³/mol. The van der Waals surface area contributed by atoms with E-state index in [0.29, 0.717) is 12.8 Å². The quantitative estimate of drug-likeness (QED) is 0.0957. The summed E-state index contributed by atoms with van der Waals surface area (Å²) in [5.41, 5.74) is 12.3. The second kappa shape index (κ2) is 17.2. The fourth-order valence-corrected chi connectivity index (χ4v) is 5.29. The number of benzene rings is 1. The maximum absolute atomic E-state index is 12.6. The van der Waals surface area contributed by atoms with Crippen LogP contribution in [0.25, 0.3) is 0 Å². The summed E-state index contributed by atoms with van der Waals surface area (Å²) in [5.74, 6) is -1.85. The van der Waals surface area contributed by atoms with E-state index in [0.717, 1.165) is 5.56 Å². The van der Waals surface area contributed by atoms with Gasteiger partial charge in [-0.3, -0.25) is 19.2 Å². The number of rotatable bonds is 17. The minimum atomic E-state index is -0.985. The summed E-state index contributed by atoms with van der Waals surface area (Å²) in [6.07, 6.45) is 0.151. The lowest BCUT2D eigenvalue weighted by Crippen LogP contribution is -2.54. The molecule has 0 spiro atoms. The van der Waals surface area contributed by atoms with Gasteiger partial charge in [0, 0.05) is 17.9 Å². The van der Waals surface area contributed by atoms with Crippen molar-refractivity contribution in [3.63, 3.8) is 0 Å². The molecule has 13 heteroatoms. The molecular formula is C23H37N5O6S2. The van der Waals surface area contributed by atoms with Crippen molar-refractivity contribution < 1.29 is 29.4 Å². The molecule has 1 aromatic carbocycles. The SMILES string of the molecule is CCCC(=O)NC(CSSCC(NC(=O)C(N)Cc1ccccc1)C(N)=O)C(=O)NC(CO)C(C)O. The molecule has 202 valence electrons. The van der Waals surface area contributed by atoms with Crippen molar-refractivity contribution in [3.8, 4) is 0 Å². The van der Waals surface area contributed by atoms with Crippen LogP contribution >= 0.6 is 21.6 Å².